The molecule has 0 aliphatic carbocycles. The van der Waals surface area contributed by atoms with Crippen molar-refractivity contribution < 1.29 is 4.57 Å². The molecule has 0 aliphatic heterocycles. The van der Waals surface area contributed by atoms with Crippen molar-refractivity contribution in [3.8, 4) is 11.3 Å². The van der Waals surface area contributed by atoms with Crippen LogP contribution in [0, 0.1) is 6.92 Å². The van der Waals surface area contributed by atoms with E-state index >= 15 is 0 Å². The van der Waals surface area contributed by atoms with E-state index in [1.807, 2.05) is 0 Å². The highest BCUT2D eigenvalue weighted by Gasteiger charge is 2.41. The molecule has 2 heteroatoms. The summed E-state index contributed by atoms with van der Waals surface area (Å²) in [7, 11) is 0.287. The number of aryl methyl sites for hydroxylation is 2. The Morgan fingerprint density at radius 2 is 1.17 bits per heavy atom. The van der Waals surface area contributed by atoms with E-state index in [-0.39, 0.29) is 0 Å². The van der Waals surface area contributed by atoms with Crippen LogP contribution in [0.2, 0.25) is 0 Å². The fourth-order valence-corrected chi connectivity index (χ4v) is 9.14. The lowest BCUT2D eigenvalue weighted by molar-refractivity contribution is -0.659. The molecule has 0 amide bonds. The Hall–Kier alpha value is -3.80. The lowest BCUT2D eigenvalue weighted by Crippen LogP contribution is -2.32. The monoisotopic (exact) mass is 483 g/mol. The van der Waals surface area contributed by atoms with Crippen LogP contribution in [0.3, 0.4) is 0 Å². The number of pyridine rings is 1. The van der Waals surface area contributed by atoms with Gasteiger partial charge in [-0.25, -0.2) is 4.57 Å². The van der Waals surface area contributed by atoms with Crippen LogP contribution in [0.5, 0.6) is 0 Å². The normalized spacial score (nSPS) is 11.8. The number of hydrogen-bond donors (Lipinski definition) is 0. The largest absolute Gasteiger partial charge is 0.213 e. The molecule has 1 heterocycles. The number of hydrogen-bond acceptors (Lipinski definition) is 0. The number of benzene rings is 5. The first kappa shape index (κ1) is 22.7. The van der Waals surface area contributed by atoms with Gasteiger partial charge in [0.25, 0.3) is 0 Å². The van der Waals surface area contributed by atoms with Crippen molar-refractivity contribution in [3.63, 3.8) is 0 Å². The molecule has 6 aromatic rings. The molecule has 0 atom stereocenters. The molecular weight excluding hydrogens is 453 g/mol. The zero-order valence-electron chi connectivity index (χ0n) is 21.0. The van der Waals surface area contributed by atoms with Gasteiger partial charge in [-0.1, -0.05) is 72.8 Å². The van der Waals surface area contributed by atoms with Gasteiger partial charge in [-0.05, 0) is 65.7 Å². The molecule has 0 fully saturated rings. The average Bonchev–Trinajstić information content (AvgIpc) is 2.93. The van der Waals surface area contributed by atoms with Gasteiger partial charge in [0.15, 0.2) is 6.20 Å². The van der Waals surface area contributed by atoms with Crippen molar-refractivity contribution in [2.24, 2.45) is 7.05 Å². The molecule has 0 bridgehead atoms. The van der Waals surface area contributed by atoms with Gasteiger partial charge >= 0.3 is 0 Å². The Balaban J connectivity index is 1.66. The van der Waals surface area contributed by atoms with Gasteiger partial charge in [0.1, 0.15) is 30.2 Å². The lowest BCUT2D eigenvalue weighted by Gasteiger charge is -2.25. The van der Waals surface area contributed by atoms with Crippen LogP contribution in [0.4, 0.5) is 0 Å². The maximum atomic E-state index is 2.48. The van der Waals surface area contributed by atoms with Crippen molar-refractivity contribution in [1.82, 2.24) is 0 Å². The molecular formula is C34H30NP+2. The van der Waals surface area contributed by atoms with Crippen LogP contribution in [-0.4, -0.2) is 6.66 Å². The molecule has 1 nitrogen and oxygen atoms in total. The Morgan fingerprint density at radius 1 is 0.583 bits per heavy atom. The second-order valence-electron chi connectivity index (χ2n) is 9.69. The predicted octanol–water partition coefficient (Wildman–Crippen LogP) is 6.72. The summed E-state index contributed by atoms with van der Waals surface area (Å²) in [5, 5.41) is 9.47. The van der Waals surface area contributed by atoms with Crippen LogP contribution in [-0.2, 0) is 7.05 Å². The highest BCUT2D eigenvalue weighted by Crippen LogP contribution is 2.53. The zero-order valence-corrected chi connectivity index (χ0v) is 21.9. The summed E-state index contributed by atoms with van der Waals surface area (Å²) in [6, 6.07) is 44.6. The van der Waals surface area contributed by atoms with Crippen LogP contribution in [0.25, 0.3) is 32.8 Å². The summed E-state index contributed by atoms with van der Waals surface area (Å²) in [5.41, 5.74) is 3.87. The third kappa shape index (κ3) is 3.63. The minimum atomic E-state index is -1.87. The van der Waals surface area contributed by atoms with E-state index in [2.05, 4.69) is 153 Å². The van der Waals surface area contributed by atoms with Crippen molar-refractivity contribution in [2.75, 3.05) is 6.66 Å². The molecule has 36 heavy (non-hydrogen) atoms. The molecule has 0 radical (unpaired) electrons. The summed E-state index contributed by atoms with van der Waals surface area (Å²) < 4.78 is 2.27. The minimum absolute atomic E-state index is 1.24. The highest BCUT2D eigenvalue weighted by molar-refractivity contribution is 7.95. The van der Waals surface area contributed by atoms with Gasteiger partial charge in [0, 0.05) is 22.4 Å². The Bertz CT molecular complexity index is 1670. The van der Waals surface area contributed by atoms with E-state index in [9.17, 15) is 0 Å². The van der Waals surface area contributed by atoms with Gasteiger partial charge in [0.05, 0.1) is 6.66 Å². The molecule has 0 saturated carbocycles. The topological polar surface area (TPSA) is 3.88 Å². The average molecular weight is 484 g/mol. The SMILES string of the molecule is Cc1c(-c2cc3ccccc3c[n+]2C)ccc2cccc([P+](C)(c3ccccc3)c3ccccc3)c12. The third-order valence-corrected chi connectivity index (χ3v) is 11.6. The van der Waals surface area contributed by atoms with E-state index in [0.717, 1.165) is 0 Å². The minimum Gasteiger partial charge on any atom is -0.200 e. The van der Waals surface area contributed by atoms with Crippen molar-refractivity contribution in [3.05, 3.63) is 133 Å². The maximum Gasteiger partial charge on any atom is 0.213 e. The maximum absolute atomic E-state index is 2.48. The fourth-order valence-electron chi connectivity index (χ4n) is 5.62. The molecule has 0 saturated heterocycles. The summed E-state index contributed by atoms with van der Waals surface area (Å²) in [6.45, 7) is 4.78. The quantitative estimate of drug-likeness (QED) is 0.194. The molecule has 0 unspecified atom stereocenters. The molecule has 5 aromatic carbocycles. The predicted molar refractivity (Wildman–Crippen MR) is 157 cm³/mol. The van der Waals surface area contributed by atoms with Crippen LogP contribution >= 0.6 is 7.26 Å². The second kappa shape index (κ2) is 9.01. The van der Waals surface area contributed by atoms with E-state index in [4.69, 9.17) is 0 Å². The Morgan fingerprint density at radius 3 is 1.83 bits per heavy atom. The van der Waals surface area contributed by atoms with E-state index < -0.39 is 7.26 Å². The van der Waals surface area contributed by atoms with Crippen molar-refractivity contribution in [2.45, 2.75) is 6.92 Å². The fraction of sp³-hybridized carbons (Fsp3) is 0.0882. The summed E-state index contributed by atoms with van der Waals surface area (Å²) >= 11 is 0. The summed E-state index contributed by atoms with van der Waals surface area (Å²) in [4.78, 5) is 0. The smallest absolute Gasteiger partial charge is 0.200 e. The van der Waals surface area contributed by atoms with Crippen molar-refractivity contribution >= 4 is 44.7 Å². The first-order valence-electron chi connectivity index (χ1n) is 12.5. The standard InChI is InChI=1S/C34H30NP/c1-25-31(32-23-27-13-10-11-14-28(27)24-35(32)2)22-21-26-15-12-20-33(34(25)26)36(3,29-16-6-4-7-17-29)30-18-8-5-9-19-30/h4-24H,1-3H3/q+2. The van der Waals surface area contributed by atoms with Crippen LogP contribution in [0.1, 0.15) is 5.56 Å². The Kier molecular flexibility index (Phi) is 5.67. The first-order valence-corrected chi connectivity index (χ1v) is 14.7. The van der Waals surface area contributed by atoms with E-state index in [1.165, 1.54) is 54.3 Å². The first-order chi connectivity index (χ1) is 17.6. The third-order valence-electron chi connectivity index (χ3n) is 7.59. The Labute approximate surface area is 214 Å². The molecule has 6 rings (SSSR count). The molecule has 174 valence electrons. The molecule has 1 aromatic heterocycles. The lowest BCUT2D eigenvalue weighted by atomic mass is 9.96. The highest BCUT2D eigenvalue weighted by atomic mass is 31.2. The number of fused-ring (bicyclic) bond motifs is 2. The van der Waals surface area contributed by atoms with Crippen LogP contribution in [0.15, 0.2) is 128 Å². The summed E-state index contributed by atoms with van der Waals surface area (Å²) in [5.74, 6) is 0. The molecule has 0 aliphatic rings. The van der Waals surface area contributed by atoms with Gasteiger partial charge in [-0.15, -0.1) is 0 Å². The summed E-state index contributed by atoms with van der Waals surface area (Å²) in [6.07, 6.45) is 2.24. The zero-order chi connectivity index (χ0) is 24.7. The number of rotatable bonds is 4. The molecule has 0 N–H and O–H groups in total. The second-order valence-corrected chi connectivity index (χ2v) is 13.2. The van der Waals surface area contributed by atoms with Gasteiger partial charge in [0.2, 0.25) is 5.69 Å². The van der Waals surface area contributed by atoms with Gasteiger partial charge in [-0.2, -0.15) is 0 Å². The number of nitrogens with zero attached hydrogens (tertiary/aromatic N) is 1. The van der Waals surface area contributed by atoms with Crippen molar-refractivity contribution in [1.29, 1.82) is 0 Å². The number of aromatic nitrogens is 1. The van der Waals surface area contributed by atoms with E-state index in [1.54, 1.807) is 0 Å². The molecule has 0 spiro atoms. The van der Waals surface area contributed by atoms with Gasteiger partial charge < -0.3 is 0 Å². The van der Waals surface area contributed by atoms with Gasteiger partial charge in [-0.3, -0.25) is 0 Å². The van der Waals surface area contributed by atoms with E-state index in [0.29, 0.717) is 0 Å². The van der Waals surface area contributed by atoms with Crippen LogP contribution < -0.4 is 20.5 Å².